The van der Waals surface area contributed by atoms with Crippen molar-refractivity contribution in [2.75, 3.05) is 18.0 Å². The molecular weight excluding hydrogens is 364 g/mol. The van der Waals surface area contributed by atoms with Crippen molar-refractivity contribution in [3.63, 3.8) is 0 Å². The van der Waals surface area contributed by atoms with Gasteiger partial charge in [-0.1, -0.05) is 24.3 Å². The van der Waals surface area contributed by atoms with Crippen LogP contribution in [-0.4, -0.2) is 36.1 Å². The first-order chi connectivity index (χ1) is 14.0. The van der Waals surface area contributed by atoms with Crippen LogP contribution in [-0.2, 0) is 11.2 Å². The van der Waals surface area contributed by atoms with Crippen LogP contribution >= 0.6 is 0 Å². The Morgan fingerprint density at radius 3 is 2.83 bits per heavy atom. The fourth-order valence-corrected chi connectivity index (χ4v) is 3.83. The van der Waals surface area contributed by atoms with Crippen LogP contribution in [0.25, 0.3) is 10.9 Å². The Morgan fingerprint density at radius 1 is 1.17 bits per heavy atom. The predicted molar refractivity (Wildman–Crippen MR) is 115 cm³/mol. The van der Waals surface area contributed by atoms with Gasteiger partial charge in [0, 0.05) is 42.3 Å². The molecule has 2 heterocycles. The van der Waals surface area contributed by atoms with E-state index in [1.165, 1.54) is 16.5 Å². The molecular formula is C23H26N4O2. The molecule has 1 saturated heterocycles. The minimum atomic E-state index is -0.232. The topological polar surface area (TPSA) is 77.2 Å². The van der Waals surface area contributed by atoms with Crippen molar-refractivity contribution in [1.82, 2.24) is 15.6 Å². The van der Waals surface area contributed by atoms with E-state index in [0.717, 1.165) is 23.2 Å². The van der Waals surface area contributed by atoms with Gasteiger partial charge in [0.1, 0.15) is 0 Å². The first kappa shape index (κ1) is 19.1. The van der Waals surface area contributed by atoms with E-state index in [1.807, 2.05) is 49.5 Å². The molecule has 3 amide bonds. The molecule has 2 aromatic carbocycles. The quantitative estimate of drug-likeness (QED) is 0.624. The number of fused-ring (bicyclic) bond motifs is 1. The third-order valence-corrected chi connectivity index (χ3v) is 5.62. The van der Waals surface area contributed by atoms with E-state index in [2.05, 4.69) is 28.6 Å². The summed E-state index contributed by atoms with van der Waals surface area (Å²) in [5.41, 5.74) is 5.52. The number of aryl methyl sites for hydroxylation is 2. The number of nitrogens with zero attached hydrogens (tertiary/aromatic N) is 1. The molecule has 1 aromatic heterocycles. The zero-order valence-corrected chi connectivity index (χ0v) is 16.8. The third kappa shape index (κ3) is 4.11. The van der Waals surface area contributed by atoms with E-state index in [-0.39, 0.29) is 18.0 Å². The van der Waals surface area contributed by atoms with E-state index >= 15 is 0 Å². The van der Waals surface area contributed by atoms with Gasteiger partial charge in [-0.2, -0.15) is 0 Å². The summed E-state index contributed by atoms with van der Waals surface area (Å²) in [5.74, 6) is 0.0392. The van der Waals surface area contributed by atoms with Crippen molar-refractivity contribution >= 4 is 28.5 Å². The molecule has 1 atom stereocenters. The van der Waals surface area contributed by atoms with Crippen molar-refractivity contribution in [2.24, 2.45) is 0 Å². The lowest BCUT2D eigenvalue weighted by Gasteiger charge is -2.18. The summed E-state index contributed by atoms with van der Waals surface area (Å²) in [6.45, 7) is 5.12. The van der Waals surface area contributed by atoms with Crippen molar-refractivity contribution in [2.45, 2.75) is 32.7 Å². The lowest BCUT2D eigenvalue weighted by molar-refractivity contribution is -0.117. The Morgan fingerprint density at radius 2 is 2.00 bits per heavy atom. The third-order valence-electron chi connectivity index (χ3n) is 5.62. The number of carbonyl (C=O) groups is 2. The molecule has 0 unspecified atom stereocenters. The smallest absolute Gasteiger partial charge is 0.315 e. The Bertz CT molecular complexity index is 1060. The fourth-order valence-electron chi connectivity index (χ4n) is 3.83. The monoisotopic (exact) mass is 390 g/mol. The number of urea groups is 1. The molecule has 0 radical (unpaired) electrons. The summed E-state index contributed by atoms with van der Waals surface area (Å²) in [6.07, 6.45) is 3.06. The molecule has 150 valence electrons. The summed E-state index contributed by atoms with van der Waals surface area (Å²) in [4.78, 5) is 29.7. The van der Waals surface area contributed by atoms with Crippen LogP contribution in [0.3, 0.4) is 0 Å². The highest BCUT2D eigenvalue weighted by atomic mass is 16.2. The molecule has 0 saturated carbocycles. The number of hydrogen-bond donors (Lipinski definition) is 3. The molecule has 6 heteroatoms. The van der Waals surface area contributed by atoms with Gasteiger partial charge >= 0.3 is 6.03 Å². The summed E-state index contributed by atoms with van der Waals surface area (Å²) < 4.78 is 0. The average Bonchev–Trinajstić information content (AvgIpc) is 3.27. The summed E-state index contributed by atoms with van der Waals surface area (Å²) >= 11 is 0. The van der Waals surface area contributed by atoms with Crippen molar-refractivity contribution in [3.8, 4) is 0 Å². The van der Waals surface area contributed by atoms with Crippen LogP contribution in [0.1, 0.15) is 23.1 Å². The molecule has 0 spiro atoms. The maximum absolute atomic E-state index is 12.4. The first-order valence-corrected chi connectivity index (χ1v) is 9.98. The van der Waals surface area contributed by atoms with Crippen molar-refractivity contribution in [3.05, 3.63) is 65.4 Å². The highest BCUT2D eigenvalue weighted by molar-refractivity contribution is 5.97. The number of aromatic amines is 1. The van der Waals surface area contributed by atoms with Gasteiger partial charge < -0.3 is 20.5 Å². The highest BCUT2D eigenvalue weighted by Gasteiger charge is 2.31. The number of hydrogen-bond acceptors (Lipinski definition) is 2. The van der Waals surface area contributed by atoms with Gasteiger partial charge in [-0.05, 0) is 55.2 Å². The van der Waals surface area contributed by atoms with Gasteiger partial charge in [-0.3, -0.25) is 4.79 Å². The number of H-pyrrole nitrogens is 1. The average molecular weight is 390 g/mol. The first-order valence-electron chi connectivity index (χ1n) is 9.98. The van der Waals surface area contributed by atoms with E-state index < -0.39 is 0 Å². The van der Waals surface area contributed by atoms with Crippen LogP contribution < -0.4 is 15.5 Å². The zero-order valence-electron chi connectivity index (χ0n) is 16.8. The molecule has 29 heavy (non-hydrogen) atoms. The summed E-state index contributed by atoms with van der Waals surface area (Å²) in [7, 11) is 0. The molecule has 3 N–H and O–H groups in total. The normalized spacial score (nSPS) is 16.4. The van der Waals surface area contributed by atoms with Gasteiger partial charge in [0.25, 0.3) is 0 Å². The minimum Gasteiger partial charge on any atom is -0.361 e. The number of anilines is 1. The zero-order chi connectivity index (χ0) is 20.4. The Balaban J connectivity index is 1.28. The van der Waals surface area contributed by atoms with E-state index in [1.54, 1.807) is 4.90 Å². The number of para-hydroxylation sites is 1. The predicted octanol–water partition coefficient (Wildman–Crippen LogP) is 3.43. The van der Waals surface area contributed by atoms with Gasteiger partial charge in [0.05, 0.1) is 6.04 Å². The molecule has 1 aliphatic rings. The second kappa shape index (κ2) is 7.99. The highest BCUT2D eigenvalue weighted by Crippen LogP contribution is 2.24. The Kier molecular flexibility index (Phi) is 5.25. The van der Waals surface area contributed by atoms with Crippen LogP contribution in [0.4, 0.5) is 10.5 Å². The van der Waals surface area contributed by atoms with Gasteiger partial charge in [-0.15, -0.1) is 0 Å². The molecule has 4 rings (SSSR count). The Hall–Kier alpha value is -3.28. The molecule has 0 bridgehead atoms. The maximum atomic E-state index is 12.4. The number of benzene rings is 2. The molecule has 6 nitrogen and oxygen atoms in total. The maximum Gasteiger partial charge on any atom is 0.315 e. The molecule has 0 aliphatic carbocycles. The van der Waals surface area contributed by atoms with Crippen molar-refractivity contribution in [1.29, 1.82) is 0 Å². The lowest BCUT2D eigenvalue weighted by Crippen LogP contribution is -2.43. The van der Waals surface area contributed by atoms with Crippen LogP contribution in [0, 0.1) is 13.8 Å². The SMILES string of the molecule is Cc1ccc(N2C[C@H](NC(=O)NCCc3c[nH]c4ccccc34)CC2=O)cc1C. The van der Waals surface area contributed by atoms with Crippen molar-refractivity contribution < 1.29 is 9.59 Å². The van der Waals surface area contributed by atoms with Crippen LogP contribution in [0.5, 0.6) is 0 Å². The molecule has 3 aromatic rings. The molecule has 1 fully saturated rings. The summed E-state index contributed by atoms with van der Waals surface area (Å²) in [5, 5.41) is 7.02. The number of nitrogens with one attached hydrogen (secondary N) is 3. The second-order valence-corrected chi connectivity index (χ2v) is 7.68. The number of rotatable bonds is 5. The van der Waals surface area contributed by atoms with Crippen LogP contribution in [0.15, 0.2) is 48.7 Å². The fraction of sp³-hybridized carbons (Fsp3) is 0.304. The largest absolute Gasteiger partial charge is 0.361 e. The van der Waals surface area contributed by atoms with Gasteiger partial charge in [0.2, 0.25) is 5.91 Å². The number of carbonyl (C=O) groups excluding carboxylic acids is 2. The molecule has 1 aliphatic heterocycles. The van der Waals surface area contributed by atoms with E-state index in [0.29, 0.717) is 19.5 Å². The Labute approximate surface area is 170 Å². The lowest BCUT2D eigenvalue weighted by atomic mass is 10.1. The van der Waals surface area contributed by atoms with Gasteiger partial charge in [-0.25, -0.2) is 4.79 Å². The van der Waals surface area contributed by atoms with Gasteiger partial charge in [0.15, 0.2) is 0 Å². The van der Waals surface area contributed by atoms with Crippen LogP contribution in [0.2, 0.25) is 0 Å². The van der Waals surface area contributed by atoms with E-state index in [4.69, 9.17) is 0 Å². The summed E-state index contributed by atoms with van der Waals surface area (Å²) in [6, 6.07) is 13.7. The number of aromatic nitrogens is 1. The standard InChI is InChI=1S/C23H26N4O2/c1-15-7-8-19(11-16(15)2)27-14-18(12-22(27)28)26-23(29)24-10-9-17-13-25-21-6-4-3-5-20(17)21/h3-8,11,13,18,25H,9-10,12,14H2,1-2H3,(H2,24,26,29)/t18-/m1/s1. The minimum absolute atomic E-state index is 0.0392. The second-order valence-electron chi connectivity index (χ2n) is 7.68. The van der Waals surface area contributed by atoms with E-state index in [9.17, 15) is 9.59 Å². The number of amides is 3.